The van der Waals surface area contributed by atoms with Gasteiger partial charge in [-0.3, -0.25) is 0 Å². The number of allylic oxidation sites excluding steroid dienone is 2. The van der Waals surface area contributed by atoms with Gasteiger partial charge in [0.05, 0.1) is 0 Å². The fourth-order valence-corrected chi connectivity index (χ4v) is 2.00. The first-order chi connectivity index (χ1) is 10.1. The zero-order valence-corrected chi connectivity index (χ0v) is 11.7. The predicted molar refractivity (Wildman–Crippen MR) is 84.1 cm³/mol. The van der Waals surface area contributed by atoms with Crippen molar-refractivity contribution in [3.8, 4) is 23.0 Å². The summed E-state index contributed by atoms with van der Waals surface area (Å²) in [4.78, 5) is 0. The van der Waals surface area contributed by atoms with Gasteiger partial charge in [-0.05, 0) is 48.2 Å². The molecule has 0 aliphatic heterocycles. The summed E-state index contributed by atoms with van der Waals surface area (Å²) < 4.78 is 5.64. The topological polar surface area (TPSA) is 49.7 Å². The van der Waals surface area contributed by atoms with E-state index >= 15 is 0 Å². The van der Waals surface area contributed by atoms with Crippen LogP contribution >= 0.6 is 0 Å². The zero-order chi connectivity index (χ0) is 15.2. The van der Waals surface area contributed by atoms with Crippen LogP contribution in [0, 0.1) is 0 Å². The number of phenolic OH excluding ortho intramolecular Hbond substituents is 2. The van der Waals surface area contributed by atoms with Crippen LogP contribution in [0.1, 0.15) is 11.1 Å². The Kier molecular flexibility index (Phi) is 4.67. The van der Waals surface area contributed by atoms with E-state index in [4.69, 9.17) is 4.74 Å². The largest absolute Gasteiger partial charge is 0.504 e. The Balaban J connectivity index is 2.25. The average Bonchev–Trinajstić information content (AvgIpc) is 2.47. The number of hydrogen-bond donors (Lipinski definition) is 2. The molecule has 2 aromatic rings. The molecular weight excluding hydrogens is 264 g/mol. The highest BCUT2D eigenvalue weighted by Crippen LogP contribution is 2.39. The molecule has 0 radical (unpaired) electrons. The molecule has 0 heterocycles. The Morgan fingerprint density at radius 1 is 0.905 bits per heavy atom. The standard InChI is InChI=1S/C18H18O3/c1-3-5-13-7-9-15(10-8-13)21-17-12-14(6-4-2)11-16(19)18(17)20/h3-4,7-12,19-20H,1-2,5-6H2. The highest BCUT2D eigenvalue weighted by molar-refractivity contribution is 5.53. The van der Waals surface area contributed by atoms with Gasteiger partial charge in [0.2, 0.25) is 5.75 Å². The number of phenols is 2. The maximum Gasteiger partial charge on any atom is 0.201 e. The average molecular weight is 282 g/mol. The van der Waals surface area contributed by atoms with E-state index in [2.05, 4.69) is 13.2 Å². The Bertz CT molecular complexity index is 642. The predicted octanol–water partition coefficient (Wildman–Crippen LogP) is 4.35. The van der Waals surface area contributed by atoms with Crippen LogP contribution in [0.15, 0.2) is 61.7 Å². The number of ether oxygens (including phenoxy) is 1. The summed E-state index contributed by atoms with van der Waals surface area (Å²) in [6.45, 7) is 7.35. The van der Waals surface area contributed by atoms with Gasteiger partial charge in [-0.1, -0.05) is 24.3 Å². The third-order valence-electron chi connectivity index (χ3n) is 3.03. The molecule has 108 valence electrons. The minimum atomic E-state index is -0.266. The molecule has 0 spiro atoms. The van der Waals surface area contributed by atoms with Gasteiger partial charge in [-0.15, -0.1) is 13.2 Å². The van der Waals surface area contributed by atoms with Crippen LogP contribution < -0.4 is 4.74 Å². The number of aromatic hydroxyl groups is 2. The lowest BCUT2D eigenvalue weighted by molar-refractivity contribution is 0.372. The summed E-state index contributed by atoms with van der Waals surface area (Å²) in [6.07, 6.45) is 4.93. The van der Waals surface area contributed by atoms with Crippen LogP contribution in [0.2, 0.25) is 0 Å². The molecule has 2 N–H and O–H groups in total. The van der Waals surface area contributed by atoms with E-state index in [9.17, 15) is 10.2 Å². The molecule has 0 bridgehead atoms. The van der Waals surface area contributed by atoms with E-state index in [-0.39, 0.29) is 17.2 Å². The second kappa shape index (κ2) is 6.66. The molecule has 2 rings (SSSR count). The van der Waals surface area contributed by atoms with Crippen molar-refractivity contribution in [2.75, 3.05) is 0 Å². The summed E-state index contributed by atoms with van der Waals surface area (Å²) >= 11 is 0. The maximum absolute atomic E-state index is 9.88. The molecule has 3 nitrogen and oxygen atoms in total. The Labute approximate surface area is 124 Å². The van der Waals surface area contributed by atoms with Gasteiger partial charge in [0, 0.05) is 0 Å². The first kappa shape index (κ1) is 14.7. The summed E-state index contributed by atoms with van der Waals surface area (Å²) in [5.74, 6) is 0.349. The number of rotatable bonds is 6. The van der Waals surface area contributed by atoms with Crippen molar-refractivity contribution in [2.24, 2.45) is 0 Å². The molecule has 0 fully saturated rings. The lowest BCUT2D eigenvalue weighted by atomic mass is 10.1. The molecule has 3 heteroatoms. The van der Waals surface area contributed by atoms with Crippen molar-refractivity contribution in [2.45, 2.75) is 12.8 Å². The molecule has 0 atom stereocenters. The van der Waals surface area contributed by atoms with Crippen LogP contribution in [-0.4, -0.2) is 10.2 Å². The number of benzene rings is 2. The molecule has 2 aromatic carbocycles. The molecule has 21 heavy (non-hydrogen) atoms. The van der Waals surface area contributed by atoms with Crippen molar-refractivity contribution in [3.63, 3.8) is 0 Å². The van der Waals surface area contributed by atoms with Crippen LogP contribution in [-0.2, 0) is 12.8 Å². The lowest BCUT2D eigenvalue weighted by Crippen LogP contribution is -1.89. The molecule has 0 aliphatic rings. The monoisotopic (exact) mass is 282 g/mol. The van der Waals surface area contributed by atoms with Gasteiger partial charge in [-0.2, -0.15) is 0 Å². The summed E-state index contributed by atoms with van der Waals surface area (Å²) in [7, 11) is 0. The normalized spacial score (nSPS) is 10.1. The number of hydrogen-bond acceptors (Lipinski definition) is 3. The first-order valence-corrected chi connectivity index (χ1v) is 6.67. The smallest absolute Gasteiger partial charge is 0.201 e. The highest BCUT2D eigenvalue weighted by Gasteiger charge is 2.11. The van der Waals surface area contributed by atoms with E-state index in [0.29, 0.717) is 12.2 Å². The van der Waals surface area contributed by atoms with Gasteiger partial charge in [0.1, 0.15) is 5.75 Å². The van der Waals surface area contributed by atoms with Crippen LogP contribution in [0.3, 0.4) is 0 Å². The van der Waals surface area contributed by atoms with Crippen molar-refractivity contribution >= 4 is 0 Å². The van der Waals surface area contributed by atoms with Gasteiger partial charge >= 0.3 is 0 Å². The Hall–Kier alpha value is -2.68. The van der Waals surface area contributed by atoms with Crippen molar-refractivity contribution in [3.05, 3.63) is 72.8 Å². The third-order valence-corrected chi connectivity index (χ3v) is 3.03. The fraction of sp³-hybridized carbons (Fsp3) is 0.111. The summed E-state index contributed by atoms with van der Waals surface area (Å²) in [5.41, 5.74) is 1.95. The van der Waals surface area contributed by atoms with E-state index in [1.54, 1.807) is 12.1 Å². The van der Waals surface area contributed by atoms with E-state index < -0.39 is 0 Å². The van der Waals surface area contributed by atoms with Gasteiger partial charge in [0.15, 0.2) is 11.5 Å². The molecule has 0 aromatic heterocycles. The summed E-state index contributed by atoms with van der Waals surface area (Å²) in [5, 5.41) is 19.6. The SMILES string of the molecule is C=CCc1ccc(Oc2cc(CC=C)cc(O)c2O)cc1. The van der Waals surface area contributed by atoms with Gasteiger partial charge < -0.3 is 14.9 Å². The van der Waals surface area contributed by atoms with Crippen LogP contribution in [0.5, 0.6) is 23.0 Å². The van der Waals surface area contributed by atoms with Gasteiger partial charge in [-0.25, -0.2) is 0 Å². The molecule has 0 amide bonds. The Morgan fingerprint density at radius 3 is 2.14 bits per heavy atom. The van der Waals surface area contributed by atoms with E-state index in [1.807, 2.05) is 30.3 Å². The second-order valence-corrected chi connectivity index (χ2v) is 4.69. The van der Waals surface area contributed by atoms with Crippen molar-refractivity contribution < 1.29 is 14.9 Å². The molecular formula is C18H18O3. The molecule has 0 saturated heterocycles. The maximum atomic E-state index is 9.88. The van der Waals surface area contributed by atoms with Crippen LogP contribution in [0.4, 0.5) is 0 Å². The first-order valence-electron chi connectivity index (χ1n) is 6.67. The highest BCUT2D eigenvalue weighted by atomic mass is 16.5. The van der Waals surface area contributed by atoms with Crippen molar-refractivity contribution in [1.82, 2.24) is 0 Å². The quantitative estimate of drug-likeness (QED) is 0.612. The minimum Gasteiger partial charge on any atom is -0.504 e. The van der Waals surface area contributed by atoms with E-state index in [0.717, 1.165) is 17.5 Å². The fourth-order valence-electron chi connectivity index (χ4n) is 2.00. The minimum absolute atomic E-state index is 0.201. The Morgan fingerprint density at radius 2 is 1.52 bits per heavy atom. The van der Waals surface area contributed by atoms with Crippen molar-refractivity contribution in [1.29, 1.82) is 0 Å². The molecule has 0 saturated carbocycles. The summed E-state index contributed by atoms with van der Waals surface area (Å²) in [6, 6.07) is 10.7. The van der Waals surface area contributed by atoms with E-state index in [1.165, 1.54) is 6.07 Å². The molecule has 0 aliphatic carbocycles. The van der Waals surface area contributed by atoms with Gasteiger partial charge in [0.25, 0.3) is 0 Å². The lowest BCUT2D eigenvalue weighted by Gasteiger charge is -2.11. The zero-order valence-electron chi connectivity index (χ0n) is 11.7. The third kappa shape index (κ3) is 3.66. The van der Waals surface area contributed by atoms with Crippen LogP contribution in [0.25, 0.3) is 0 Å². The molecule has 0 unspecified atom stereocenters. The second-order valence-electron chi connectivity index (χ2n) is 4.69.